The zero-order valence-electron chi connectivity index (χ0n) is 16.5. The molecule has 30 heavy (non-hydrogen) atoms. The molecule has 0 spiro atoms. The Balaban J connectivity index is 1.29. The maximum absolute atomic E-state index is 12.6. The molecular formula is C23H23N5O2. The lowest BCUT2D eigenvalue weighted by Gasteiger charge is -2.36. The number of carbonyl (C=O) groups excluding carboxylic acids is 1. The summed E-state index contributed by atoms with van der Waals surface area (Å²) < 4.78 is 0. The van der Waals surface area contributed by atoms with Crippen molar-refractivity contribution in [2.45, 2.75) is 0 Å². The van der Waals surface area contributed by atoms with E-state index < -0.39 is 0 Å². The molecule has 1 saturated heterocycles. The maximum Gasteiger partial charge on any atom is 0.321 e. The van der Waals surface area contributed by atoms with E-state index >= 15 is 0 Å². The van der Waals surface area contributed by atoms with Crippen molar-refractivity contribution >= 4 is 28.8 Å². The summed E-state index contributed by atoms with van der Waals surface area (Å²) in [7, 11) is 0. The number of aromatic hydroxyl groups is 1. The highest BCUT2D eigenvalue weighted by atomic mass is 16.3. The topological polar surface area (TPSA) is 80.5 Å². The average molecular weight is 401 g/mol. The lowest BCUT2D eigenvalue weighted by atomic mass is 10.2. The van der Waals surface area contributed by atoms with Crippen LogP contribution in [0.3, 0.4) is 0 Å². The first-order valence-electron chi connectivity index (χ1n) is 9.84. The van der Waals surface area contributed by atoms with Crippen LogP contribution in [0.15, 0.2) is 89.1 Å². The minimum atomic E-state index is -0.121. The third kappa shape index (κ3) is 4.94. The zero-order valence-corrected chi connectivity index (χ0v) is 16.5. The van der Waals surface area contributed by atoms with Crippen molar-refractivity contribution in [1.29, 1.82) is 0 Å². The van der Waals surface area contributed by atoms with Gasteiger partial charge in [-0.2, -0.15) is 10.2 Å². The first kappa shape index (κ1) is 19.4. The van der Waals surface area contributed by atoms with Crippen LogP contribution < -0.4 is 10.2 Å². The van der Waals surface area contributed by atoms with E-state index in [2.05, 4.69) is 20.4 Å². The van der Waals surface area contributed by atoms with Gasteiger partial charge in [0, 0.05) is 43.6 Å². The van der Waals surface area contributed by atoms with Gasteiger partial charge in [0.2, 0.25) is 0 Å². The van der Waals surface area contributed by atoms with Crippen LogP contribution in [0.5, 0.6) is 5.75 Å². The second-order valence-electron chi connectivity index (χ2n) is 7.01. The molecule has 3 aromatic rings. The predicted octanol–water partition coefficient (Wildman–Crippen LogP) is 5.16. The molecule has 0 saturated carbocycles. The number of carbonyl (C=O) groups is 1. The Morgan fingerprint density at radius 1 is 0.800 bits per heavy atom. The quantitative estimate of drug-likeness (QED) is 0.593. The monoisotopic (exact) mass is 401 g/mol. The van der Waals surface area contributed by atoms with E-state index in [0.717, 1.165) is 30.2 Å². The summed E-state index contributed by atoms with van der Waals surface area (Å²) in [6.45, 7) is 2.67. The van der Waals surface area contributed by atoms with E-state index in [0.29, 0.717) is 18.8 Å². The molecule has 7 nitrogen and oxygen atoms in total. The number of hydrogen-bond donors (Lipinski definition) is 2. The number of phenolic OH excluding ortho intramolecular Hbond substituents is 1. The Hall–Kier alpha value is -3.87. The second-order valence-corrected chi connectivity index (χ2v) is 7.01. The Bertz CT molecular complexity index is 1010. The van der Waals surface area contributed by atoms with Crippen LogP contribution in [0.25, 0.3) is 0 Å². The van der Waals surface area contributed by atoms with E-state index in [9.17, 15) is 9.90 Å². The highest BCUT2D eigenvalue weighted by Crippen LogP contribution is 2.22. The van der Waals surface area contributed by atoms with Gasteiger partial charge < -0.3 is 20.2 Å². The molecule has 0 unspecified atom stereocenters. The van der Waals surface area contributed by atoms with Crippen molar-refractivity contribution in [3.8, 4) is 5.75 Å². The Morgan fingerprint density at radius 2 is 1.47 bits per heavy atom. The molecule has 0 aliphatic carbocycles. The third-order valence-corrected chi connectivity index (χ3v) is 4.92. The number of rotatable bonds is 4. The largest absolute Gasteiger partial charge is 0.508 e. The first-order valence-corrected chi connectivity index (χ1v) is 9.84. The maximum atomic E-state index is 12.6. The first-order chi connectivity index (χ1) is 14.7. The Morgan fingerprint density at radius 3 is 2.13 bits per heavy atom. The summed E-state index contributed by atoms with van der Waals surface area (Å²) in [6, 6.07) is 23.9. The highest BCUT2D eigenvalue weighted by Gasteiger charge is 2.21. The smallest absolute Gasteiger partial charge is 0.321 e. The number of urea groups is 1. The standard InChI is InChI=1S/C23H23N5O2/c29-22-8-4-7-21(17-22)27-13-15-28(16-14-27)23(30)24-18-9-11-20(12-10-18)26-25-19-5-2-1-3-6-19/h1-12,17,29H,13-16H2,(H,24,30). The number of piperazine rings is 1. The van der Waals surface area contributed by atoms with Crippen LogP contribution in [0, 0.1) is 0 Å². The Labute approximate surface area is 175 Å². The summed E-state index contributed by atoms with van der Waals surface area (Å²) in [4.78, 5) is 16.5. The van der Waals surface area contributed by atoms with Crippen molar-refractivity contribution in [3.63, 3.8) is 0 Å². The van der Waals surface area contributed by atoms with Gasteiger partial charge in [0.25, 0.3) is 0 Å². The number of anilines is 2. The van der Waals surface area contributed by atoms with E-state index in [4.69, 9.17) is 0 Å². The molecule has 1 aliphatic rings. The van der Waals surface area contributed by atoms with Gasteiger partial charge in [-0.1, -0.05) is 24.3 Å². The van der Waals surface area contributed by atoms with Crippen molar-refractivity contribution in [2.75, 3.05) is 36.4 Å². The number of nitrogens with zero attached hydrogens (tertiary/aromatic N) is 4. The lowest BCUT2D eigenvalue weighted by Crippen LogP contribution is -2.50. The molecule has 0 radical (unpaired) electrons. The minimum absolute atomic E-state index is 0.121. The van der Waals surface area contributed by atoms with Crippen LogP contribution in [0.1, 0.15) is 0 Å². The third-order valence-electron chi connectivity index (χ3n) is 4.92. The van der Waals surface area contributed by atoms with Gasteiger partial charge in [0.1, 0.15) is 5.75 Å². The molecule has 7 heteroatoms. The summed E-state index contributed by atoms with van der Waals surface area (Å²) in [5, 5.41) is 21.0. The number of hydrogen-bond acceptors (Lipinski definition) is 5. The second kappa shape index (κ2) is 9.09. The molecule has 1 fully saturated rings. The van der Waals surface area contributed by atoms with Gasteiger partial charge in [-0.05, 0) is 48.5 Å². The molecule has 2 N–H and O–H groups in total. The van der Waals surface area contributed by atoms with Gasteiger partial charge in [-0.15, -0.1) is 0 Å². The van der Waals surface area contributed by atoms with Gasteiger partial charge in [0.05, 0.1) is 11.4 Å². The summed E-state index contributed by atoms with van der Waals surface area (Å²) >= 11 is 0. The number of nitrogens with one attached hydrogen (secondary N) is 1. The SMILES string of the molecule is O=C(Nc1ccc(N=Nc2ccccc2)cc1)N1CCN(c2cccc(O)c2)CC1. The zero-order chi connectivity index (χ0) is 20.8. The van der Waals surface area contributed by atoms with Crippen LogP contribution in [-0.2, 0) is 0 Å². The molecule has 4 rings (SSSR count). The molecule has 0 atom stereocenters. The number of azo groups is 1. The molecule has 0 aromatic heterocycles. The molecule has 152 valence electrons. The van der Waals surface area contributed by atoms with Crippen molar-refractivity contribution in [1.82, 2.24) is 4.90 Å². The fraction of sp³-hybridized carbons (Fsp3) is 0.174. The van der Waals surface area contributed by atoms with Gasteiger partial charge in [0.15, 0.2) is 0 Å². The fourth-order valence-corrected chi connectivity index (χ4v) is 3.28. The van der Waals surface area contributed by atoms with Gasteiger partial charge in [-0.25, -0.2) is 4.79 Å². The summed E-state index contributed by atoms with van der Waals surface area (Å²) in [6.07, 6.45) is 0. The van der Waals surface area contributed by atoms with E-state index in [1.165, 1.54) is 0 Å². The molecular weight excluding hydrogens is 378 g/mol. The molecule has 0 bridgehead atoms. The molecule has 1 aliphatic heterocycles. The normalized spacial score (nSPS) is 14.1. The fourth-order valence-electron chi connectivity index (χ4n) is 3.28. The Kier molecular flexibility index (Phi) is 5.89. The average Bonchev–Trinajstić information content (AvgIpc) is 2.79. The van der Waals surface area contributed by atoms with Crippen LogP contribution in [-0.4, -0.2) is 42.2 Å². The van der Waals surface area contributed by atoms with Crippen LogP contribution in [0.4, 0.5) is 27.5 Å². The molecule has 1 heterocycles. The molecule has 3 aromatic carbocycles. The minimum Gasteiger partial charge on any atom is -0.508 e. The summed E-state index contributed by atoms with van der Waals surface area (Å²) in [5.74, 6) is 0.249. The van der Waals surface area contributed by atoms with E-state index in [1.54, 1.807) is 17.0 Å². The highest BCUT2D eigenvalue weighted by molar-refractivity contribution is 5.89. The van der Waals surface area contributed by atoms with Gasteiger partial charge in [-0.3, -0.25) is 0 Å². The molecule has 2 amide bonds. The van der Waals surface area contributed by atoms with Crippen LogP contribution in [0.2, 0.25) is 0 Å². The van der Waals surface area contributed by atoms with Crippen molar-refractivity contribution in [2.24, 2.45) is 10.2 Å². The van der Waals surface area contributed by atoms with E-state index in [-0.39, 0.29) is 11.8 Å². The van der Waals surface area contributed by atoms with Gasteiger partial charge >= 0.3 is 6.03 Å². The van der Waals surface area contributed by atoms with Crippen molar-refractivity contribution < 1.29 is 9.90 Å². The number of amides is 2. The number of phenols is 1. The van der Waals surface area contributed by atoms with Crippen molar-refractivity contribution in [3.05, 3.63) is 78.9 Å². The predicted molar refractivity (Wildman–Crippen MR) is 118 cm³/mol. The van der Waals surface area contributed by atoms with Crippen LogP contribution >= 0.6 is 0 Å². The lowest BCUT2D eigenvalue weighted by molar-refractivity contribution is 0.208. The number of benzene rings is 3. The van der Waals surface area contributed by atoms with E-state index in [1.807, 2.05) is 66.7 Å². The summed E-state index contributed by atoms with van der Waals surface area (Å²) in [5.41, 5.74) is 3.20.